The number of aliphatic hydroxyl groups is 1. The number of aryl methyl sites for hydroxylation is 1. The van der Waals surface area contributed by atoms with Crippen molar-refractivity contribution in [3.05, 3.63) is 35.3 Å². The zero-order valence-electron chi connectivity index (χ0n) is 11.5. The lowest BCUT2D eigenvalue weighted by atomic mass is 9.92. The summed E-state index contributed by atoms with van der Waals surface area (Å²) >= 11 is 1.30. The molecule has 0 aliphatic carbocycles. The smallest absolute Gasteiger partial charge is 0.353 e. The van der Waals surface area contributed by atoms with E-state index in [9.17, 15) is 19.8 Å². The molecule has 1 amide bonds. The van der Waals surface area contributed by atoms with Crippen molar-refractivity contribution in [3.8, 4) is 0 Å². The number of pyridine rings is 1. The van der Waals surface area contributed by atoms with Gasteiger partial charge < -0.3 is 10.2 Å². The van der Waals surface area contributed by atoms with Crippen molar-refractivity contribution in [1.29, 1.82) is 0 Å². The summed E-state index contributed by atoms with van der Waals surface area (Å²) in [5, 5.41) is 18.7. The Kier molecular flexibility index (Phi) is 3.26. The van der Waals surface area contributed by atoms with E-state index in [4.69, 9.17) is 0 Å². The second-order valence-electron chi connectivity index (χ2n) is 5.15. The number of nitrogens with zero attached hydrogens (tertiary/aromatic N) is 2. The second-order valence-corrected chi connectivity index (χ2v) is 6.28. The number of amides is 1. The van der Waals surface area contributed by atoms with E-state index in [1.54, 1.807) is 25.3 Å². The molecule has 2 aliphatic heterocycles. The average Bonchev–Trinajstić information content (AvgIpc) is 2.74. The van der Waals surface area contributed by atoms with E-state index in [1.165, 1.54) is 16.7 Å². The van der Waals surface area contributed by atoms with Gasteiger partial charge in [0.15, 0.2) is 0 Å². The molecule has 2 aliphatic rings. The van der Waals surface area contributed by atoms with E-state index in [2.05, 4.69) is 4.98 Å². The third-order valence-electron chi connectivity index (χ3n) is 3.67. The zero-order chi connectivity index (χ0) is 15.3. The Hall–Kier alpha value is -1.86. The first-order valence-electron chi connectivity index (χ1n) is 6.50. The maximum absolute atomic E-state index is 12.1. The molecule has 0 spiro atoms. The summed E-state index contributed by atoms with van der Waals surface area (Å²) in [5.41, 5.74) is 1.49. The minimum Gasteiger partial charge on any atom is -0.477 e. The summed E-state index contributed by atoms with van der Waals surface area (Å²) in [5.74, 6) is -2.03. The molecule has 6 nitrogen and oxygen atoms in total. The highest BCUT2D eigenvalue weighted by molar-refractivity contribution is 8.09. The topological polar surface area (TPSA) is 90.7 Å². The minimum absolute atomic E-state index is 0.0162. The number of fused-ring (bicyclic) bond motifs is 1. The third kappa shape index (κ3) is 2.04. The van der Waals surface area contributed by atoms with Gasteiger partial charge in [-0.05, 0) is 19.9 Å². The fourth-order valence-corrected chi connectivity index (χ4v) is 4.19. The second kappa shape index (κ2) is 4.85. The van der Waals surface area contributed by atoms with Gasteiger partial charge in [0.25, 0.3) is 0 Å². The lowest BCUT2D eigenvalue weighted by Gasteiger charge is -2.43. The summed E-state index contributed by atoms with van der Waals surface area (Å²) in [7, 11) is 0. The van der Waals surface area contributed by atoms with Gasteiger partial charge in [-0.1, -0.05) is 17.8 Å². The molecular weight excluding hydrogens is 292 g/mol. The van der Waals surface area contributed by atoms with Gasteiger partial charge in [-0.3, -0.25) is 14.7 Å². The monoisotopic (exact) mass is 306 g/mol. The van der Waals surface area contributed by atoms with Crippen molar-refractivity contribution in [2.24, 2.45) is 5.92 Å². The van der Waals surface area contributed by atoms with Crippen LogP contribution in [0.2, 0.25) is 0 Å². The highest BCUT2D eigenvalue weighted by Crippen LogP contribution is 2.53. The van der Waals surface area contributed by atoms with E-state index in [0.717, 1.165) is 5.69 Å². The fraction of sp³-hybridized carbons (Fsp3) is 0.357. The summed E-state index contributed by atoms with van der Waals surface area (Å²) in [4.78, 5) is 29.5. The average molecular weight is 306 g/mol. The Morgan fingerprint density at radius 1 is 1.48 bits per heavy atom. The molecule has 2 N–H and O–H groups in total. The van der Waals surface area contributed by atoms with Crippen LogP contribution >= 0.6 is 11.8 Å². The number of aliphatic hydroxyl groups excluding tert-OH is 1. The van der Waals surface area contributed by atoms with Gasteiger partial charge in [-0.2, -0.15) is 0 Å². The van der Waals surface area contributed by atoms with Gasteiger partial charge in [-0.15, -0.1) is 0 Å². The van der Waals surface area contributed by atoms with Crippen LogP contribution in [0.1, 0.15) is 18.2 Å². The fourth-order valence-electron chi connectivity index (χ4n) is 2.59. The molecule has 1 saturated heterocycles. The molecule has 1 aromatic rings. The number of carbonyl (C=O) groups excluding carboxylic acids is 1. The highest BCUT2D eigenvalue weighted by Gasteiger charge is 2.57. The molecule has 21 heavy (non-hydrogen) atoms. The quantitative estimate of drug-likeness (QED) is 0.811. The Morgan fingerprint density at radius 3 is 2.71 bits per heavy atom. The normalized spacial score (nSPS) is 25.7. The predicted octanol–water partition coefficient (Wildman–Crippen LogP) is 1.06. The van der Waals surface area contributed by atoms with Crippen molar-refractivity contribution in [1.82, 2.24) is 9.88 Å². The molecule has 0 aromatic carbocycles. The number of aromatic nitrogens is 1. The number of aliphatic carboxylic acids is 1. The molecule has 110 valence electrons. The largest absolute Gasteiger partial charge is 0.477 e. The Labute approximate surface area is 125 Å². The van der Waals surface area contributed by atoms with Gasteiger partial charge in [-0.25, -0.2) is 4.79 Å². The Bertz CT molecular complexity index is 653. The number of thioether (sulfide) groups is 1. The van der Waals surface area contributed by atoms with E-state index in [0.29, 0.717) is 10.5 Å². The molecule has 0 saturated carbocycles. The Morgan fingerprint density at radius 2 is 2.19 bits per heavy atom. The molecule has 0 radical (unpaired) electrons. The van der Waals surface area contributed by atoms with Gasteiger partial charge in [0.2, 0.25) is 5.91 Å². The van der Waals surface area contributed by atoms with Gasteiger partial charge in [0, 0.05) is 22.4 Å². The SMILES string of the molecule is Cc1ccc(C2=C(C(=O)O)N3C(=O)[C@H]([C@@H](C)O)[C@H]3S2)cn1. The van der Waals surface area contributed by atoms with Crippen molar-refractivity contribution in [2.45, 2.75) is 25.3 Å². The summed E-state index contributed by atoms with van der Waals surface area (Å²) in [6.45, 7) is 3.39. The number of hydrogen-bond donors (Lipinski definition) is 2. The van der Waals surface area contributed by atoms with Gasteiger partial charge in [0.05, 0.1) is 12.0 Å². The first-order chi connectivity index (χ1) is 9.91. The Balaban J connectivity index is 2.02. The number of carboxylic acids is 1. The standard InChI is InChI=1S/C14H14N2O4S/c1-6-3-4-8(5-15-6)11-10(14(19)20)16-12(18)9(7(2)17)13(16)21-11/h3-5,7,9,13,17H,1-2H3,(H,19,20)/t7-,9+,13-/m1/s1. The molecule has 3 heterocycles. The number of rotatable bonds is 3. The van der Waals surface area contributed by atoms with Crippen LogP contribution in [0.4, 0.5) is 0 Å². The van der Waals surface area contributed by atoms with Crippen LogP contribution < -0.4 is 0 Å². The molecular formula is C14H14N2O4S. The molecule has 3 rings (SSSR count). The maximum atomic E-state index is 12.1. The van der Waals surface area contributed by atoms with E-state index in [-0.39, 0.29) is 17.0 Å². The van der Waals surface area contributed by atoms with Crippen LogP contribution in [0.25, 0.3) is 4.91 Å². The number of β-lactam (4-membered cyclic amide) rings is 1. The van der Waals surface area contributed by atoms with E-state index in [1.807, 2.05) is 6.92 Å². The molecule has 0 unspecified atom stereocenters. The molecule has 3 atom stereocenters. The number of carboxylic acid groups (broad SMARTS) is 1. The third-order valence-corrected chi connectivity index (χ3v) is 5.08. The van der Waals surface area contributed by atoms with E-state index < -0.39 is 18.0 Å². The van der Waals surface area contributed by atoms with Gasteiger partial charge in [0.1, 0.15) is 11.1 Å². The number of carbonyl (C=O) groups is 2. The molecule has 7 heteroatoms. The van der Waals surface area contributed by atoms with Crippen LogP contribution in [-0.2, 0) is 9.59 Å². The molecule has 0 bridgehead atoms. The van der Waals surface area contributed by atoms with Crippen molar-refractivity contribution in [3.63, 3.8) is 0 Å². The first kappa shape index (κ1) is 14.1. The highest BCUT2D eigenvalue weighted by atomic mass is 32.2. The van der Waals surface area contributed by atoms with Crippen LogP contribution in [0, 0.1) is 12.8 Å². The van der Waals surface area contributed by atoms with Crippen LogP contribution in [0.3, 0.4) is 0 Å². The summed E-state index contributed by atoms with van der Waals surface area (Å²) in [6.07, 6.45) is 0.811. The lowest BCUT2D eigenvalue weighted by molar-refractivity contribution is -0.156. The van der Waals surface area contributed by atoms with Crippen LogP contribution in [0.5, 0.6) is 0 Å². The molecule has 1 fully saturated rings. The lowest BCUT2D eigenvalue weighted by Crippen LogP contribution is -2.60. The van der Waals surface area contributed by atoms with Gasteiger partial charge >= 0.3 is 5.97 Å². The number of hydrogen-bond acceptors (Lipinski definition) is 5. The predicted molar refractivity (Wildman–Crippen MR) is 76.9 cm³/mol. The minimum atomic E-state index is -1.14. The van der Waals surface area contributed by atoms with Crippen LogP contribution in [-0.4, -0.2) is 43.5 Å². The maximum Gasteiger partial charge on any atom is 0.353 e. The summed E-state index contributed by atoms with van der Waals surface area (Å²) < 4.78 is 0. The van der Waals surface area contributed by atoms with Crippen molar-refractivity contribution in [2.75, 3.05) is 0 Å². The van der Waals surface area contributed by atoms with Crippen molar-refractivity contribution >= 4 is 28.5 Å². The summed E-state index contributed by atoms with van der Waals surface area (Å²) in [6, 6.07) is 3.59. The first-order valence-corrected chi connectivity index (χ1v) is 7.38. The van der Waals surface area contributed by atoms with Crippen LogP contribution in [0.15, 0.2) is 24.0 Å². The zero-order valence-corrected chi connectivity index (χ0v) is 12.3. The molecule has 1 aromatic heterocycles. The van der Waals surface area contributed by atoms with E-state index >= 15 is 0 Å². The van der Waals surface area contributed by atoms with Crippen molar-refractivity contribution < 1.29 is 19.8 Å².